The van der Waals surface area contributed by atoms with Crippen molar-refractivity contribution in [1.82, 2.24) is 4.72 Å². The van der Waals surface area contributed by atoms with Gasteiger partial charge in [-0.25, -0.2) is 8.42 Å². The van der Waals surface area contributed by atoms with Crippen LogP contribution in [0.1, 0.15) is 31.2 Å². The smallest absolute Gasteiger partial charge is 0.266 e. The van der Waals surface area contributed by atoms with Gasteiger partial charge in [0, 0.05) is 18.7 Å². The number of nitrogens with zero attached hydrogens (tertiary/aromatic N) is 2. The SMILES string of the molecule is COc1ccc(/C=C(\C#N)C(=O)Nc2ccc(S(=O)(=O)NC3=NCCCCC3)cc2)cc1. The lowest BCUT2D eigenvalue weighted by Gasteiger charge is -2.10. The number of aliphatic imine (C=N–C) groups is 1. The Labute approximate surface area is 187 Å². The summed E-state index contributed by atoms with van der Waals surface area (Å²) in [6, 6.07) is 14.5. The van der Waals surface area contributed by atoms with Crippen LogP contribution in [0.2, 0.25) is 0 Å². The van der Waals surface area contributed by atoms with Gasteiger partial charge in [0.2, 0.25) is 0 Å². The molecule has 2 aromatic rings. The molecule has 3 rings (SSSR count). The van der Waals surface area contributed by atoms with Crippen molar-refractivity contribution in [2.45, 2.75) is 30.6 Å². The van der Waals surface area contributed by atoms with E-state index >= 15 is 0 Å². The van der Waals surface area contributed by atoms with Crippen LogP contribution >= 0.6 is 0 Å². The standard InChI is InChI=1S/C23H24N4O4S/c1-31-20-10-6-17(7-11-20)15-18(16-24)23(28)26-19-8-12-21(13-9-19)32(29,30)27-22-5-3-2-4-14-25-22/h6-13,15H,2-5,14H2,1H3,(H,25,27)(H,26,28)/b18-15+. The fraction of sp³-hybridized carbons (Fsp3) is 0.261. The summed E-state index contributed by atoms with van der Waals surface area (Å²) in [4.78, 5) is 16.8. The maximum atomic E-state index is 12.6. The first-order valence-electron chi connectivity index (χ1n) is 10.1. The lowest BCUT2D eigenvalue weighted by molar-refractivity contribution is -0.112. The van der Waals surface area contributed by atoms with Gasteiger partial charge < -0.3 is 10.1 Å². The second-order valence-corrected chi connectivity index (χ2v) is 8.85. The molecule has 0 saturated carbocycles. The summed E-state index contributed by atoms with van der Waals surface area (Å²) in [5.41, 5.74) is 0.961. The van der Waals surface area contributed by atoms with Crippen LogP contribution in [0.5, 0.6) is 5.75 Å². The van der Waals surface area contributed by atoms with E-state index in [4.69, 9.17) is 4.74 Å². The van der Waals surface area contributed by atoms with Crippen LogP contribution < -0.4 is 14.8 Å². The predicted octanol–water partition coefficient (Wildman–Crippen LogP) is 3.49. The molecular weight excluding hydrogens is 428 g/mol. The van der Waals surface area contributed by atoms with Gasteiger partial charge in [-0.1, -0.05) is 18.6 Å². The maximum absolute atomic E-state index is 12.6. The average molecular weight is 453 g/mol. The van der Waals surface area contributed by atoms with Gasteiger partial charge in [0.1, 0.15) is 23.2 Å². The Kier molecular flexibility index (Phi) is 7.63. The van der Waals surface area contributed by atoms with Crippen molar-refractivity contribution in [3.8, 4) is 11.8 Å². The summed E-state index contributed by atoms with van der Waals surface area (Å²) in [6.45, 7) is 0.619. The zero-order valence-corrected chi connectivity index (χ0v) is 18.5. The number of carbonyl (C=O) groups is 1. The van der Waals surface area contributed by atoms with E-state index in [-0.39, 0.29) is 10.5 Å². The third kappa shape index (κ3) is 6.18. The van der Waals surface area contributed by atoms with E-state index in [1.807, 2.05) is 6.07 Å². The van der Waals surface area contributed by atoms with Gasteiger partial charge in [-0.15, -0.1) is 0 Å². The number of rotatable bonds is 6. The highest BCUT2D eigenvalue weighted by Crippen LogP contribution is 2.18. The Hall–Kier alpha value is -3.64. The van der Waals surface area contributed by atoms with Crippen LogP contribution in [-0.4, -0.2) is 33.8 Å². The Morgan fingerprint density at radius 1 is 1.09 bits per heavy atom. The van der Waals surface area contributed by atoms with E-state index in [9.17, 15) is 18.5 Å². The van der Waals surface area contributed by atoms with Crippen LogP contribution in [0, 0.1) is 11.3 Å². The number of hydrogen-bond acceptors (Lipinski definition) is 6. The zero-order valence-electron chi connectivity index (χ0n) is 17.7. The van der Waals surface area contributed by atoms with Gasteiger partial charge in [-0.2, -0.15) is 5.26 Å². The van der Waals surface area contributed by atoms with Crippen molar-refractivity contribution in [1.29, 1.82) is 5.26 Å². The molecule has 32 heavy (non-hydrogen) atoms. The molecule has 0 spiro atoms. The third-order valence-corrected chi connectivity index (χ3v) is 6.24. The fourth-order valence-corrected chi connectivity index (χ4v) is 4.19. The molecule has 0 bridgehead atoms. The highest BCUT2D eigenvalue weighted by Gasteiger charge is 2.17. The first kappa shape index (κ1) is 23.0. The second kappa shape index (κ2) is 10.6. The number of nitriles is 1. The molecule has 0 unspecified atom stereocenters. The van der Waals surface area contributed by atoms with Crippen molar-refractivity contribution in [3.63, 3.8) is 0 Å². The summed E-state index contributed by atoms with van der Waals surface area (Å²) in [7, 11) is -2.20. The van der Waals surface area contributed by atoms with Crippen LogP contribution in [0.15, 0.2) is 64.0 Å². The number of carbonyl (C=O) groups excluding carboxylic acids is 1. The molecule has 0 aliphatic carbocycles. The van der Waals surface area contributed by atoms with Crippen LogP contribution in [0.4, 0.5) is 5.69 Å². The number of anilines is 1. The van der Waals surface area contributed by atoms with Crippen molar-refractivity contribution in [2.24, 2.45) is 4.99 Å². The van der Waals surface area contributed by atoms with Crippen LogP contribution in [0.3, 0.4) is 0 Å². The normalized spacial score (nSPS) is 14.5. The number of amidine groups is 1. The maximum Gasteiger partial charge on any atom is 0.266 e. The number of hydrogen-bond donors (Lipinski definition) is 2. The first-order chi connectivity index (χ1) is 15.4. The van der Waals surface area contributed by atoms with Gasteiger partial charge in [-0.05, 0) is 60.9 Å². The molecule has 0 radical (unpaired) electrons. The number of ether oxygens (including phenoxy) is 1. The highest BCUT2D eigenvalue weighted by atomic mass is 32.2. The summed E-state index contributed by atoms with van der Waals surface area (Å²) in [5, 5.41) is 12.0. The summed E-state index contributed by atoms with van der Waals surface area (Å²) in [5.74, 6) is 0.549. The Balaban J connectivity index is 1.68. The fourth-order valence-electron chi connectivity index (χ4n) is 3.10. The molecule has 1 aliphatic rings. The summed E-state index contributed by atoms with van der Waals surface area (Å²) >= 11 is 0. The molecule has 9 heteroatoms. The summed E-state index contributed by atoms with van der Waals surface area (Å²) in [6.07, 6.45) is 4.95. The minimum Gasteiger partial charge on any atom is -0.497 e. The number of nitrogens with one attached hydrogen (secondary N) is 2. The van der Waals surface area contributed by atoms with Crippen molar-refractivity contribution in [3.05, 3.63) is 59.7 Å². The largest absolute Gasteiger partial charge is 0.497 e. The third-order valence-electron chi connectivity index (χ3n) is 4.84. The van der Waals surface area contributed by atoms with Crippen molar-refractivity contribution < 1.29 is 17.9 Å². The molecule has 1 aliphatic heterocycles. The monoisotopic (exact) mass is 452 g/mol. The minimum absolute atomic E-state index is 0.0664. The number of amides is 1. The molecule has 166 valence electrons. The molecule has 2 aromatic carbocycles. The predicted molar refractivity (Wildman–Crippen MR) is 123 cm³/mol. The number of methoxy groups -OCH3 is 1. The van der Waals surface area contributed by atoms with Crippen LogP contribution in [-0.2, 0) is 14.8 Å². The summed E-state index contributed by atoms with van der Waals surface area (Å²) < 4.78 is 32.9. The van der Waals surface area contributed by atoms with E-state index in [2.05, 4.69) is 15.0 Å². The first-order valence-corrected chi connectivity index (χ1v) is 11.6. The number of sulfonamides is 1. The number of benzene rings is 2. The molecule has 1 amide bonds. The van der Waals surface area contributed by atoms with Gasteiger partial charge in [0.05, 0.1) is 12.0 Å². The molecule has 0 fully saturated rings. The van der Waals surface area contributed by atoms with Crippen LogP contribution in [0.25, 0.3) is 6.08 Å². The van der Waals surface area contributed by atoms with E-state index in [0.29, 0.717) is 35.8 Å². The molecule has 0 saturated heterocycles. The molecule has 0 aromatic heterocycles. The van der Waals surface area contributed by atoms with Gasteiger partial charge in [0.15, 0.2) is 0 Å². The Bertz CT molecular complexity index is 1160. The van der Waals surface area contributed by atoms with E-state index in [0.717, 1.165) is 19.3 Å². The van der Waals surface area contributed by atoms with Gasteiger partial charge in [0.25, 0.3) is 15.9 Å². The molecular formula is C23H24N4O4S. The lowest BCUT2D eigenvalue weighted by atomic mass is 10.1. The Morgan fingerprint density at radius 2 is 1.81 bits per heavy atom. The highest BCUT2D eigenvalue weighted by molar-refractivity contribution is 7.90. The Morgan fingerprint density at radius 3 is 2.47 bits per heavy atom. The quantitative estimate of drug-likeness (QED) is 0.513. The van der Waals surface area contributed by atoms with E-state index < -0.39 is 15.9 Å². The van der Waals surface area contributed by atoms with Crippen molar-refractivity contribution in [2.75, 3.05) is 19.0 Å². The lowest BCUT2D eigenvalue weighted by Crippen LogP contribution is -2.30. The molecule has 1 heterocycles. The second-order valence-electron chi connectivity index (χ2n) is 7.17. The van der Waals surface area contributed by atoms with Crippen molar-refractivity contribution >= 4 is 33.5 Å². The molecule has 2 N–H and O–H groups in total. The van der Waals surface area contributed by atoms with Gasteiger partial charge in [-0.3, -0.25) is 14.5 Å². The van der Waals surface area contributed by atoms with Gasteiger partial charge >= 0.3 is 0 Å². The topological polar surface area (TPSA) is 121 Å². The zero-order chi connectivity index (χ0) is 23.0. The molecule has 0 atom stereocenters. The van der Waals surface area contributed by atoms with E-state index in [1.165, 1.54) is 30.3 Å². The molecule has 8 nitrogen and oxygen atoms in total. The van der Waals surface area contributed by atoms with E-state index in [1.54, 1.807) is 31.4 Å². The minimum atomic E-state index is -3.76. The average Bonchev–Trinajstić information content (AvgIpc) is 3.06.